The fourth-order valence-electron chi connectivity index (χ4n) is 2.32. The normalized spacial score (nSPS) is 10.7. The van der Waals surface area contributed by atoms with Crippen LogP contribution in [0.15, 0.2) is 30.3 Å². The highest BCUT2D eigenvalue weighted by molar-refractivity contribution is 5.92. The quantitative estimate of drug-likeness (QED) is 0.855. The molecule has 0 unspecified atom stereocenters. The average molecular weight is 301 g/mol. The number of ether oxygens (including phenoxy) is 1. The minimum absolute atomic E-state index is 0.0345. The SMILES string of the molecule is CCCn1nc(C)c(NC(=O)COCc2ccccc2)c1C. The number of carbonyl (C=O) groups is 1. The summed E-state index contributed by atoms with van der Waals surface area (Å²) < 4.78 is 7.37. The van der Waals surface area contributed by atoms with Gasteiger partial charge in [-0.15, -0.1) is 0 Å². The summed E-state index contributed by atoms with van der Waals surface area (Å²) in [4.78, 5) is 12.0. The monoisotopic (exact) mass is 301 g/mol. The Morgan fingerprint density at radius 3 is 2.68 bits per heavy atom. The van der Waals surface area contributed by atoms with Gasteiger partial charge < -0.3 is 10.1 Å². The summed E-state index contributed by atoms with van der Waals surface area (Å²) in [5.41, 5.74) is 3.67. The van der Waals surface area contributed by atoms with E-state index >= 15 is 0 Å². The predicted octanol–water partition coefficient (Wildman–Crippen LogP) is 3.07. The van der Waals surface area contributed by atoms with Gasteiger partial charge in [0.2, 0.25) is 5.91 Å². The van der Waals surface area contributed by atoms with Gasteiger partial charge in [0.1, 0.15) is 6.61 Å². The molecule has 0 aliphatic rings. The highest BCUT2D eigenvalue weighted by Gasteiger charge is 2.13. The second-order valence-corrected chi connectivity index (χ2v) is 5.30. The Morgan fingerprint density at radius 1 is 1.27 bits per heavy atom. The van der Waals surface area contributed by atoms with E-state index in [4.69, 9.17) is 4.74 Å². The third kappa shape index (κ3) is 4.18. The lowest BCUT2D eigenvalue weighted by Gasteiger charge is -2.07. The molecule has 22 heavy (non-hydrogen) atoms. The van der Waals surface area contributed by atoms with Crippen molar-refractivity contribution in [2.24, 2.45) is 0 Å². The molecule has 0 radical (unpaired) electrons. The lowest BCUT2D eigenvalue weighted by Crippen LogP contribution is -2.19. The van der Waals surface area contributed by atoms with Crippen molar-refractivity contribution in [3.8, 4) is 0 Å². The van der Waals surface area contributed by atoms with E-state index in [1.54, 1.807) is 0 Å². The number of nitrogens with zero attached hydrogens (tertiary/aromatic N) is 2. The van der Waals surface area contributed by atoms with Gasteiger partial charge in [0.15, 0.2) is 0 Å². The number of hydrogen-bond acceptors (Lipinski definition) is 3. The van der Waals surface area contributed by atoms with Crippen molar-refractivity contribution < 1.29 is 9.53 Å². The smallest absolute Gasteiger partial charge is 0.250 e. The Kier molecular flexibility index (Phi) is 5.72. The van der Waals surface area contributed by atoms with Gasteiger partial charge in [-0.25, -0.2) is 0 Å². The lowest BCUT2D eigenvalue weighted by atomic mass is 10.2. The standard InChI is InChI=1S/C17H23N3O2/c1-4-10-20-14(3)17(13(2)19-20)18-16(21)12-22-11-15-8-6-5-7-9-15/h5-9H,4,10-12H2,1-3H3,(H,18,21). The maximum absolute atomic E-state index is 12.0. The Morgan fingerprint density at radius 2 is 2.00 bits per heavy atom. The molecular weight excluding hydrogens is 278 g/mol. The minimum atomic E-state index is -0.154. The number of nitrogens with one attached hydrogen (secondary N) is 1. The molecule has 1 N–H and O–H groups in total. The van der Waals surface area contributed by atoms with E-state index in [1.165, 1.54) is 0 Å². The molecule has 1 heterocycles. The molecule has 0 spiro atoms. The molecule has 0 aliphatic heterocycles. The average Bonchev–Trinajstić information content (AvgIpc) is 2.76. The zero-order chi connectivity index (χ0) is 15.9. The first-order chi connectivity index (χ1) is 10.6. The van der Waals surface area contributed by atoms with Crippen LogP contribution < -0.4 is 5.32 Å². The number of benzene rings is 1. The maximum atomic E-state index is 12.0. The van der Waals surface area contributed by atoms with Gasteiger partial charge in [-0.2, -0.15) is 5.10 Å². The number of aromatic nitrogens is 2. The van der Waals surface area contributed by atoms with E-state index in [0.717, 1.165) is 35.6 Å². The number of rotatable bonds is 7. The Bertz CT molecular complexity index is 620. The molecule has 2 aromatic rings. The predicted molar refractivity (Wildman–Crippen MR) is 86.7 cm³/mol. The summed E-state index contributed by atoms with van der Waals surface area (Å²) in [6.45, 7) is 7.29. The molecule has 1 amide bonds. The minimum Gasteiger partial charge on any atom is -0.367 e. The van der Waals surface area contributed by atoms with Crippen molar-refractivity contribution >= 4 is 11.6 Å². The van der Waals surface area contributed by atoms with Gasteiger partial charge in [-0.05, 0) is 25.8 Å². The molecule has 1 aromatic heterocycles. The van der Waals surface area contributed by atoms with E-state index in [9.17, 15) is 4.79 Å². The molecular formula is C17H23N3O2. The van der Waals surface area contributed by atoms with Crippen LogP contribution in [0.1, 0.15) is 30.3 Å². The molecule has 0 saturated carbocycles. The topological polar surface area (TPSA) is 56.2 Å². The lowest BCUT2D eigenvalue weighted by molar-refractivity contribution is -0.121. The Hall–Kier alpha value is -2.14. The molecule has 0 bridgehead atoms. The number of anilines is 1. The summed E-state index contributed by atoms with van der Waals surface area (Å²) in [5.74, 6) is -0.154. The van der Waals surface area contributed by atoms with Gasteiger partial charge in [0.05, 0.1) is 23.7 Å². The number of amides is 1. The zero-order valence-corrected chi connectivity index (χ0v) is 13.4. The second kappa shape index (κ2) is 7.75. The first kappa shape index (κ1) is 16.2. The van der Waals surface area contributed by atoms with E-state index in [1.807, 2.05) is 48.9 Å². The third-order valence-electron chi connectivity index (χ3n) is 3.43. The van der Waals surface area contributed by atoms with Crippen molar-refractivity contribution in [1.82, 2.24) is 9.78 Å². The molecule has 5 nitrogen and oxygen atoms in total. The fourth-order valence-corrected chi connectivity index (χ4v) is 2.32. The van der Waals surface area contributed by atoms with E-state index in [-0.39, 0.29) is 12.5 Å². The molecule has 5 heteroatoms. The molecule has 0 aliphatic carbocycles. The van der Waals surface area contributed by atoms with Gasteiger partial charge in [0.25, 0.3) is 0 Å². The van der Waals surface area contributed by atoms with Gasteiger partial charge in [-0.1, -0.05) is 37.3 Å². The number of carbonyl (C=O) groups excluding carboxylic acids is 1. The highest BCUT2D eigenvalue weighted by Crippen LogP contribution is 2.19. The van der Waals surface area contributed by atoms with Crippen LogP contribution in [-0.4, -0.2) is 22.3 Å². The first-order valence-corrected chi connectivity index (χ1v) is 7.57. The van der Waals surface area contributed by atoms with Crippen LogP contribution in [-0.2, 0) is 22.7 Å². The van der Waals surface area contributed by atoms with Crippen molar-refractivity contribution in [3.63, 3.8) is 0 Å². The Balaban J connectivity index is 1.87. The molecule has 0 fully saturated rings. The summed E-state index contributed by atoms with van der Waals surface area (Å²) in [5, 5.41) is 7.34. The van der Waals surface area contributed by atoms with Gasteiger partial charge >= 0.3 is 0 Å². The summed E-state index contributed by atoms with van der Waals surface area (Å²) >= 11 is 0. The fraction of sp³-hybridized carbons (Fsp3) is 0.412. The second-order valence-electron chi connectivity index (χ2n) is 5.30. The number of aryl methyl sites for hydroxylation is 2. The third-order valence-corrected chi connectivity index (χ3v) is 3.43. The largest absolute Gasteiger partial charge is 0.367 e. The van der Waals surface area contributed by atoms with Crippen molar-refractivity contribution in [2.45, 2.75) is 40.3 Å². The molecule has 118 valence electrons. The van der Waals surface area contributed by atoms with Crippen LogP contribution in [0, 0.1) is 13.8 Å². The van der Waals surface area contributed by atoms with Crippen LogP contribution in [0.2, 0.25) is 0 Å². The van der Waals surface area contributed by atoms with Crippen LogP contribution in [0.3, 0.4) is 0 Å². The van der Waals surface area contributed by atoms with Crippen LogP contribution in [0.25, 0.3) is 0 Å². The molecule has 1 aromatic carbocycles. The maximum Gasteiger partial charge on any atom is 0.250 e. The highest BCUT2D eigenvalue weighted by atomic mass is 16.5. The molecule has 0 atom stereocenters. The zero-order valence-electron chi connectivity index (χ0n) is 13.4. The summed E-state index contributed by atoms with van der Waals surface area (Å²) in [6.07, 6.45) is 1.01. The van der Waals surface area contributed by atoms with Crippen molar-refractivity contribution in [3.05, 3.63) is 47.3 Å². The summed E-state index contributed by atoms with van der Waals surface area (Å²) in [6, 6.07) is 9.80. The van der Waals surface area contributed by atoms with Gasteiger partial charge in [-0.3, -0.25) is 9.48 Å². The van der Waals surface area contributed by atoms with Crippen molar-refractivity contribution in [2.75, 3.05) is 11.9 Å². The molecule has 0 saturated heterocycles. The van der Waals surface area contributed by atoms with E-state index in [0.29, 0.717) is 6.61 Å². The van der Waals surface area contributed by atoms with E-state index in [2.05, 4.69) is 17.3 Å². The van der Waals surface area contributed by atoms with Crippen LogP contribution in [0.4, 0.5) is 5.69 Å². The first-order valence-electron chi connectivity index (χ1n) is 7.57. The van der Waals surface area contributed by atoms with E-state index < -0.39 is 0 Å². The van der Waals surface area contributed by atoms with Crippen LogP contribution in [0.5, 0.6) is 0 Å². The van der Waals surface area contributed by atoms with Crippen LogP contribution >= 0.6 is 0 Å². The summed E-state index contributed by atoms with van der Waals surface area (Å²) in [7, 11) is 0. The Labute approximate surface area is 131 Å². The number of hydrogen-bond donors (Lipinski definition) is 1. The van der Waals surface area contributed by atoms with Crippen molar-refractivity contribution in [1.29, 1.82) is 0 Å². The van der Waals surface area contributed by atoms with Gasteiger partial charge in [0, 0.05) is 6.54 Å². The molecule has 2 rings (SSSR count).